The molecule has 23 heavy (non-hydrogen) atoms. The topological polar surface area (TPSA) is 75.4 Å². The number of hydrogen-bond donors (Lipinski definition) is 1. The van der Waals surface area contributed by atoms with Gasteiger partial charge in [0.15, 0.2) is 5.82 Å². The van der Waals surface area contributed by atoms with Gasteiger partial charge in [0.2, 0.25) is 5.91 Å². The van der Waals surface area contributed by atoms with Gasteiger partial charge in [-0.05, 0) is 28.1 Å². The number of carbonyl (C=O) groups is 2. The van der Waals surface area contributed by atoms with Crippen molar-refractivity contribution in [2.24, 2.45) is 0 Å². The molecule has 0 spiro atoms. The normalized spacial score (nSPS) is 11.3. The first kappa shape index (κ1) is 17.7. The smallest absolute Gasteiger partial charge is 0.264 e. The average molecular weight is 400 g/mol. The Hall–Kier alpha value is -1.67. The molecule has 2 rings (SSSR count). The molecule has 0 aromatic carbocycles. The summed E-state index contributed by atoms with van der Waals surface area (Å²) in [5.41, 5.74) is -0.185. The van der Waals surface area contributed by atoms with E-state index in [-0.39, 0.29) is 23.8 Å². The van der Waals surface area contributed by atoms with Crippen LogP contribution in [0.3, 0.4) is 0 Å². The molecular weight excluding hydrogens is 382 g/mol. The molecule has 6 nitrogen and oxygen atoms in total. The highest BCUT2D eigenvalue weighted by atomic mass is 79.9. The Morgan fingerprint density at radius 3 is 2.61 bits per heavy atom. The number of nitrogens with one attached hydrogen (secondary N) is 1. The first-order valence-electron chi connectivity index (χ1n) is 6.94. The van der Waals surface area contributed by atoms with Crippen molar-refractivity contribution in [3.8, 4) is 0 Å². The maximum Gasteiger partial charge on any atom is 0.264 e. The number of nitrogens with zero attached hydrogens (tertiary/aromatic N) is 2. The Morgan fingerprint density at radius 1 is 1.39 bits per heavy atom. The number of anilines is 1. The number of thiophene rings is 1. The van der Waals surface area contributed by atoms with Gasteiger partial charge in [-0.1, -0.05) is 25.9 Å². The summed E-state index contributed by atoms with van der Waals surface area (Å²) in [6, 6.07) is 5.21. The maximum atomic E-state index is 12.2. The van der Waals surface area contributed by atoms with E-state index >= 15 is 0 Å². The summed E-state index contributed by atoms with van der Waals surface area (Å²) in [6.07, 6.45) is 0. The van der Waals surface area contributed by atoms with E-state index < -0.39 is 0 Å². The van der Waals surface area contributed by atoms with Crippen LogP contribution >= 0.6 is 27.3 Å². The van der Waals surface area contributed by atoms with Crippen molar-refractivity contribution in [3.05, 3.63) is 32.6 Å². The first-order valence-corrected chi connectivity index (χ1v) is 8.55. The lowest BCUT2D eigenvalue weighted by Crippen LogP contribution is -2.34. The number of carbonyl (C=O) groups excluding carboxylic acids is 2. The van der Waals surface area contributed by atoms with Gasteiger partial charge in [0.05, 0.1) is 15.2 Å². The van der Waals surface area contributed by atoms with E-state index in [1.165, 1.54) is 16.2 Å². The number of likely N-dealkylation sites (N-methyl/N-ethyl adjacent to an activating group) is 1. The molecule has 0 saturated carbocycles. The van der Waals surface area contributed by atoms with Crippen LogP contribution in [0.4, 0.5) is 5.82 Å². The van der Waals surface area contributed by atoms with Crippen molar-refractivity contribution < 1.29 is 14.1 Å². The van der Waals surface area contributed by atoms with Gasteiger partial charge in [0, 0.05) is 18.5 Å². The molecule has 0 bridgehead atoms. The average Bonchev–Trinajstić information content (AvgIpc) is 3.06. The Bertz CT molecular complexity index is 718. The predicted octanol–water partition coefficient (Wildman–Crippen LogP) is 3.51. The third kappa shape index (κ3) is 4.65. The summed E-state index contributed by atoms with van der Waals surface area (Å²) >= 11 is 4.64. The van der Waals surface area contributed by atoms with Crippen LogP contribution in [0.5, 0.6) is 0 Å². The van der Waals surface area contributed by atoms with Gasteiger partial charge in [-0.25, -0.2) is 0 Å². The molecule has 0 aliphatic rings. The molecule has 0 radical (unpaired) electrons. The summed E-state index contributed by atoms with van der Waals surface area (Å²) in [5.74, 6) is 0.497. The van der Waals surface area contributed by atoms with Crippen molar-refractivity contribution in [2.45, 2.75) is 26.2 Å². The predicted molar refractivity (Wildman–Crippen MR) is 92.8 cm³/mol. The summed E-state index contributed by atoms with van der Waals surface area (Å²) in [6.45, 7) is 5.91. The number of aromatic nitrogens is 1. The number of hydrogen-bond acceptors (Lipinski definition) is 5. The van der Waals surface area contributed by atoms with Crippen molar-refractivity contribution in [1.29, 1.82) is 0 Å². The molecule has 8 heteroatoms. The van der Waals surface area contributed by atoms with E-state index in [2.05, 4.69) is 26.4 Å². The molecule has 0 aliphatic carbocycles. The standard InChI is InChI=1S/C15H18BrN3O3S/c1-15(2,3)10-7-12(18-22-10)17-13(20)8-19(4)14(21)9-5-6-11(16)23-9/h5-7H,8H2,1-4H3,(H,17,18,20). The van der Waals surface area contributed by atoms with Crippen LogP contribution < -0.4 is 5.32 Å². The van der Waals surface area contributed by atoms with E-state index in [4.69, 9.17) is 4.52 Å². The number of halogens is 1. The molecule has 0 saturated heterocycles. The first-order chi connectivity index (χ1) is 10.7. The quantitative estimate of drug-likeness (QED) is 0.853. The Kier molecular flexibility index (Phi) is 5.26. The van der Waals surface area contributed by atoms with Crippen molar-refractivity contribution in [1.82, 2.24) is 10.1 Å². The minimum absolute atomic E-state index is 0.0634. The van der Waals surface area contributed by atoms with Crippen LogP contribution in [-0.2, 0) is 10.2 Å². The zero-order valence-corrected chi connectivity index (χ0v) is 15.7. The highest BCUT2D eigenvalue weighted by molar-refractivity contribution is 9.11. The summed E-state index contributed by atoms with van der Waals surface area (Å²) in [4.78, 5) is 26.1. The number of amides is 2. The fourth-order valence-electron chi connectivity index (χ4n) is 1.77. The lowest BCUT2D eigenvalue weighted by molar-refractivity contribution is -0.116. The fraction of sp³-hybridized carbons (Fsp3) is 0.400. The van der Waals surface area contributed by atoms with E-state index in [0.717, 1.165) is 3.79 Å². The van der Waals surface area contributed by atoms with Crippen LogP contribution in [0.15, 0.2) is 26.5 Å². The fourth-order valence-corrected chi connectivity index (χ4v) is 3.16. The largest absolute Gasteiger partial charge is 0.359 e. The Balaban J connectivity index is 1.94. The van der Waals surface area contributed by atoms with Crippen LogP contribution in [-0.4, -0.2) is 35.5 Å². The lowest BCUT2D eigenvalue weighted by atomic mass is 9.93. The zero-order chi connectivity index (χ0) is 17.2. The molecule has 0 atom stereocenters. The number of rotatable bonds is 4. The van der Waals surface area contributed by atoms with Gasteiger partial charge in [-0.3, -0.25) is 9.59 Å². The summed E-state index contributed by atoms with van der Waals surface area (Å²) in [5, 5.41) is 6.46. The van der Waals surface area contributed by atoms with Gasteiger partial charge >= 0.3 is 0 Å². The Morgan fingerprint density at radius 2 is 2.09 bits per heavy atom. The van der Waals surface area contributed by atoms with Crippen molar-refractivity contribution in [2.75, 3.05) is 18.9 Å². The zero-order valence-electron chi connectivity index (χ0n) is 13.3. The third-order valence-corrected chi connectivity index (χ3v) is 4.64. The monoisotopic (exact) mass is 399 g/mol. The van der Waals surface area contributed by atoms with Gasteiger partial charge in [0.25, 0.3) is 5.91 Å². The van der Waals surface area contributed by atoms with E-state index in [1.807, 2.05) is 20.8 Å². The van der Waals surface area contributed by atoms with E-state index in [0.29, 0.717) is 16.5 Å². The second kappa shape index (κ2) is 6.84. The molecule has 2 aromatic heterocycles. The molecular formula is C15H18BrN3O3S. The van der Waals surface area contributed by atoms with E-state index in [1.54, 1.807) is 25.2 Å². The highest BCUT2D eigenvalue weighted by Gasteiger charge is 2.21. The van der Waals surface area contributed by atoms with Crippen LogP contribution in [0.1, 0.15) is 36.2 Å². The lowest BCUT2D eigenvalue weighted by Gasteiger charge is -2.15. The summed E-state index contributed by atoms with van der Waals surface area (Å²) in [7, 11) is 1.58. The molecule has 2 amide bonds. The van der Waals surface area contributed by atoms with Crippen molar-refractivity contribution >= 4 is 44.9 Å². The second-order valence-electron chi connectivity index (χ2n) is 6.14. The SMILES string of the molecule is CN(CC(=O)Nc1cc(C(C)(C)C)on1)C(=O)c1ccc(Br)s1. The molecule has 1 N–H and O–H groups in total. The molecule has 124 valence electrons. The molecule has 0 fully saturated rings. The van der Waals surface area contributed by atoms with Crippen LogP contribution in [0.25, 0.3) is 0 Å². The van der Waals surface area contributed by atoms with Gasteiger partial charge < -0.3 is 14.7 Å². The third-order valence-electron chi connectivity index (χ3n) is 3.03. The minimum atomic E-state index is -0.328. The maximum absolute atomic E-state index is 12.2. The molecule has 0 unspecified atom stereocenters. The highest BCUT2D eigenvalue weighted by Crippen LogP contribution is 2.25. The van der Waals surface area contributed by atoms with E-state index in [9.17, 15) is 9.59 Å². The molecule has 2 aromatic rings. The second-order valence-corrected chi connectivity index (χ2v) is 8.60. The van der Waals surface area contributed by atoms with Crippen molar-refractivity contribution in [3.63, 3.8) is 0 Å². The minimum Gasteiger partial charge on any atom is -0.359 e. The molecule has 0 aliphatic heterocycles. The summed E-state index contributed by atoms with van der Waals surface area (Å²) < 4.78 is 6.08. The van der Waals surface area contributed by atoms with Crippen LogP contribution in [0.2, 0.25) is 0 Å². The van der Waals surface area contributed by atoms with Gasteiger partial charge in [-0.15, -0.1) is 11.3 Å². The molecule has 2 heterocycles. The Labute approximate surface area is 147 Å². The van der Waals surface area contributed by atoms with Crippen LogP contribution in [0, 0.1) is 0 Å². The van der Waals surface area contributed by atoms with Gasteiger partial charge in [0.1, 0.15) is 5.76 Å². The van der Waals surface area contributed by atoms with Gasteiger partial charge in [-0.2, -0.15) is 0 Å².